The Morgan fingerprint density at radius 3 is 2.71 bits per heavy atom. The van der Waals surface area contributed by atoms with Crippen LogP contribution in [0.1, 0.15) is 36.9 Å². The Labute approximate surface area is 128 Å². The Hall–Kier alpha value is -1.30. The quantitative estimate of drug-likeness (QED) is 0.855. The van der Waals surface area contributed by atoms with Crippen molar-refractivity contribution in [1.29, 1.82) is 0 Å². The second-order valence-corrected chi connectivity index (χ2v) is 6.28. The van der Waals surface area contributed by atoms with Gasteiger partial charge in [-0.2, -0.15) is 0 Å². The lowest BCUT2D eigenvalue weighted by Crippen LogP contribution is -2.29. The summed E-state index contributed by atoms with van der Waals surface area (Å²) in [5, 5.41) is 13.1. The van der Waals surface area contributed by atoms with Gasteiger partial charge in [0.15, 0.2) is 0 Å². The van der Waals surface area contributed by atoms with Crippen molar-refractivity contribution >= 4 is 11.3 Å². The van der Waals surface area contributed by atoms with Gasteiger partial charge in [-0.3, -0.25) is 0 Å². The highest BCUT2D eigenvalue weighted by Gasteiger charge is 2.18. The van der Waals surface area contributed by atoms with Gasteiger partial charge in [-0.15, -0.1) is 11.3 Å². The molecular weight excluding hydrogens is 287 g/mol. The van der Waals surface area contributed by atoms with Crippen LogP contribution in [-0.2, 0) is 0 Å². The Kier molecular flexibility index (Phi) is 5.45. The third-order valence-corrected chi connectivity index (χ3v) is 4.80. The van der Waals surface area contributed by atoms with E-state index in [1.807, 2.05) is 19.9 Å². The number of aromatic nitrogens is 1. The molecule has 2 aromatic rings. The van der Waals surface area contributed by atoms with Gasteiger partial charge in [0.25, 0.3) is 0 Å². The van der Waals surface area contributed by atoms with Crippen molar-refractivity contribution in [3.05, 3.63) is 40.7 Å². The molecule has 0 saturated heterocycles. The topological polar surface area (TPSA) is 45.2 Å². The summed E-state index contributed by atoms with van der Waals surface area (Å²) in [6.07, 6.45) is 0.711. The molecule has 3 nitrogen and oxygen atoms in total. The molecule has 114 valence electrons. The summed E-state index contributed by atoms with van der Waals surface area (Å²) in [6.45, 7) is 6.23. The lowest BCUT2D eigenvalue weighted by molar-refractivity contribution is 0.265. The Morgan fingerprint density at radius 2 is 2.05 bits per heavy atom. The average Bonchev–Trinajstić information content (AvgIpc) is 2.81. The number of halogens is 1. The standard InChI is InChI=1S/C16H21FN2OS/c1-10(8-9-20)18-11(2)15-12(3)19-16(21-15)13-6-4-5-7-14(13)17/h4-7,10-11,18,20H,8-9H2,1-3H3/t10-,11?/m1/s1. The molecule has 21 heavy (non-hydrogen) atoms. The first kappa shape index (κ1) is 16.1. The van der Waals surface area contributed by atoms with Crippen LogP contribution in [0, 0.1) is 12.7 Å². The lowest BCUT2D eigenvalue weighted by Gasteiger charge is -2.18. The first-order valence-corrected chi connectivity index (χ1v) is 7.93. The Balaban J connectivity index is 2.21. The van der Waals surface area contributed by atoms with Crippen molar-refractivity contribution < 1.29 is 9.50 Å². The summed E-state index contributed by atoms with van der Waals surface area (Å²) < 4.78 is 13.9. The van der Waals surface area contributed by atoms with E-state index in [1.165, 1.54) is 17.4 Å². The van der Waals surface area contributed by atoms with Crippen LogP contribution in [0.3, 0.4) is 0 Å². The van der Waals surface area contributed by atoms with Crippen LogP contribution in [0.25, 0.3) is 10.6 Å². The van der Waals surface area contributed by atoms with E-state index in [4.69, 9.17) is 5.11 Å². The van der Waals surface area contributed by atoms with Gasteiger partial charge in [-0.05, 0) is 39.3 Å². The molecule has 0 aliphatic carbocycles. The second-order valence-electron chi connectivity index (χ2n) is 5.25. The summed E-state index contributed by atoms with van der Waals surface area (Å²) in [5.41, 5.74) is 1.47. The molecule has 2 N–H and O–H groups in total. The largest absolute Gasteiger partial charge is 0.396 e. The molecule has 1 unspecified atom stereocenters. The van der Waals surface area contributed by atoms with Gasteiger partial charge in [0.2, 0.25) is 0 Å². The Morgan fingerprint density at radius 1 is 1.33 bits per heavy atom. The molecule has 0 aliphatic heterocycles. The van der Waals surface area contributed by atoms with E-state index in [0.29, 0.717) is 17.0 Å². The van der Waals surface area contributed by atoms with E-state index in [2.05, 4.69) is 17.2 Å². The number of benzene rings is 1. The van der Waals surface area contributed by atoms with Crippen molar-refractivity contribution in [3.63, 3.8) is 0 Å². The molecule has 1 aromatic carbocycles. The molecule has 0 bridgehead atoms. The molecule has 1 aromatic heterocycles. The normalized spacial score (nSPS) is 14.1. The molecule has 0 radical (unpaired) electrons. The molecular formula is C16H21FN2OS. The summed E-state index contributed by atoms with van der Waals surface area (Å²) in [7, 11) is 0. The molecule has 0 amide bonds. The number of aliphatic hydroxyl groups excluding tert-OH is 1. The number of nitrogens with zero attached hydrogens (tertiary/aromatic N) is 1. The SMILES string of the molecule is Cc1nc(-c2ccccc2F)sc1C(C)N[C@H](C)CCO. The summed E-state index contributed by atoms with van der Waals surface area (Å²) in [6, 6.07) is 7.06. The number of thiazole rings is 1. The number of rotatable bonds is 6. The molecule has 0 spiro atoms. The minimum absolute atomic E-state index is 0.129. The van der Waals surface area contributed by atoms with Crippen molar-refractivity contribution in [3.8, 4) is 10.6 Å². The predicted molar refractivity (Wildman–Crippen MR) is 85.0 cm³/mol. The zero-order valence-electron chi connectivity index (χ0n) is 12.6. The van der Waals surface area contributed by atoms with Crippen LogP contribution in [0.2, 0.25) is 0 Å². The van der Waals surface area contributed by atoms with Crippen LogP contribution in [0.4, 0.5) is 4.39 Å². The van der Waals surface area contributed by atoms with Crippen LogP contribution >= 0.6 is 11.3 Å². The van der Waals surface area contributed by atoms with Crippen molar-refractivity contribution in [1.82, 2.24) is 10.3 Å². The fraction of sp³-hybridized carbons (Fsp3) is 0.438. The summed E-state index contributed by atoms with van der Waals surface area (Å²) >= 11 is 1.52. The third kappa shape index (κ3) is 3.87. The highest BCUT2D eigenvalue weighted by atomic mass is 32.1. The molecule has 0 saturated carbocycles. The van der Waals surface area contributed by atoms with Crippen LogP contribution in [0.5, 0.6) is 0 Å². The van der Waals surface area contributed by atoms with Gasteiger partial charge in [-0.25, -0.2) is 9.37 Å². The monoisotopic (exact) mass is 308 g/mol. The third-order valence-electron chi connectivity index (χ3n) is 3.43. The van der Waals surface area contributed by atoms with Gasteiger partial charge >= 0.3 is 0 Å². The van der Waals surface area contributed by atoms with Gasteiger partial charge in [0.1, 0.15) is 10.8 Å². The maximum atomic E-state index is 13.9. The van der Waals surface area contributed by atoms with Crippen molar-refractivity contribution in [2.75, 3.05) is 6.61 Å². The maximum absolute atomic E-state index is 13.9. The first-order valence-electron chi connectivity index (χ1n) is 7.12. The van der Waals surface area contributed by atoms with E-state index < -0.39 is 0 Å². The zero-order valence-corrected chi connectivity index (χ0v) is 13.4. The smallest absolute Gasteiger partial charge is 0.133 e. The molecule has 0 fully saturated rings. The van der Waals surface area contributed by atoms with Gasteiger partial charge in [-0.1, -0.05) is 12.1 Å². The number of nitrogens with one attached hydrogen (secondary N) is 1. The van der Waals surface area contributed by atoms with Crippen LogP contribution < -0.4 is 5.32 Å². The van der Waals surface area contributed by atoms with Gasteiger partial charge in [0.05, 0.1) is 5.69 Å². The minimum Gasteiger partial charge on any atom is -0.396 e. The zero-order chi connectivity index (χ0) is 15.4. The molecule has 0 aliphatic rings. The first-order chi connectivity index (χ1) is 10.0. The van der Waals surface area contributed by atoms with Crippen LogP contribution in [0.15, 0.2) is 24.3 Å². The predicted octanol–water partition coefficient (Wildman–Crippen LogP) is 3.68. The van der Waals surface area contributed by atoms with Gasteiger partial charge < -0.3 is 10.4 Å². The van der Waals surface area contributed by atoms with E-state index in [-0.39, 0.29) is 24.5 Å². The number of aryl methyl sites for hydroxylation is 1. The summed E-state index contributed by atoms with van der Waals surface area (Å²) in [4.78, 5) is 5.61. The molecule has 5 heteroatoms. The molecule has 2 atom stereocenters. The van der Waals surface area contributed by atoms with Gasteiger partial charge in [0, 0.05) is 29.1 Å². The second kappa shape index (κ2) is 7.11. The van der Waals surface area contributed by atoms with Crippen LogP contribution in [-0.4, -0.2) is 22.7 Å². The highest BCUT2D eigenvalue weighted by molar-refractivity contribution is 7.15. The Bertz CT molecular complexity index is 600. The fourth-order valence-electron chi connectivity index (χ4n) is 2.34. The van der Waals surface area contributed by atoms with E-state index in [1.54, 1.807) is 12.1 Å². The van der Waals surface area contributed by atoms with Crippen molar-refractivity contribution in [2.24, 2.45) is 0 Å². The van der Waals surface area contributed by atoms with E-state index in [9.17, 15) is 4.39 Å². The average molecular weight is 308 g/mol. The molecule has 1 heterocycles. The fourth-order valence-corrected chi connectivity index (χ4v) is 3.44. The maximum Gasteiger partial charge on any atom is 0.133 e. The minimum atomic E-state index is -0.243. The summed E-state index contributed by atoms with van der Waals surface area (Å²) in [5.74, 6) is -0.243. The number of hydrogen-bond acceptors (Lipinski definition) is 4. The van der Waals surface area contributed by atoms with Crippen molar-refractivity contribution in [2.45, 2.75) is 39.3 Å². The number of aliphatic hydroxyl groups is 1. The lowest BCUT2D eigenvalue weighted by atomic mass is 10.2. The molecule has 2 rings (SSSR count). The van der Waals surface area contributed by atoms with E-state index in [0.717, 1.165) is 10.6 Å². The number of hydrogen-bond donors (Lipinski definition) is 2. The van der Waals surface area contributed by atoms with E-state index >= 15 is 0 Å². The highest BCUT2D eigenvalue weighted by Crippen LogP contribution is 2.33.